The van der Waals surface area contributed by atoms with Crippen molar-refractivity contribution in [3.05, 3.63) is 218 Å². The van der Waals surface area contributed by atoms with Crippen LogP contribution in [0.2, 0.25) is 0 Å². The monoisotopic (exact) mass is 1250 g/mol. The van der Waals surface area contributed by atoms with Crippen LogP contribution in [0.3, 0.4) is 0 Å². The second-order valence-corrected chi connectivity index (χ2v) is 23.0. The highest BCUT2D eigenvalue weighted by Gasteiger charge is 2.27. The lowest BCUT2D eigenvalue weighted by atomic mass is 9.97. The summed E-state index contributed by atoms with van der Waals surface area (Å²) < 4.78 is 12.4. The zero-order valence-corrected chi connectivity index (χ0v) is 54.1. The molecule has 0 aliphatic carbocycles. The first kappa shape index (κ1) is 74.5. The summed E-state index contributed by atoms with van der Waals surface area (Å²) in [5, 5.41) is 59.0. The van der Waals surface area contributed by atoms with E-state index in [0.717, 1.165) is 54.9 Å². The lowest BCUT2D eigenvalue weighted by Crippen LogP contribution is -2.40. The number of anilines is 7. The fourth-order valence-corrected chi connectivity index (χ4v) is 10.1. The summed E-state index contributed by atoms with van der Waals surface area (Å²) in [6, 6.07) is 54.0. The van der Waals surface area contributed by atoms with Gasteiger partial charge in [-0.25, -0.2) is 0 Å². The average Bonchev–Trinajstić information content (AvgIpc) is 1.17. The van der Waals surface area contributed by atoms with Crippen molar-refractivity contribution in [3.63, 3.8) is 0 Å². The van der Waals surface area contributed by atoms with Crippen LogP contribution in [0.15, 0.2) is 170 Å². The zero-order valence-electron chi connectivity index (χ0n) is 54.1. The van der Waals surface area contributed by atoms with E-state index in [9.17, 15) is 34.2 Å². The number of amides is 2. The predicted octanol–water partition coefficient (Wildman–Crippen LogP) is 13.1. The first-order valence-corrected chi connectivity index (χ1v) is 31.0. The van der Waals surface area contributed by atoms with E-state index < -0.39 is 21.4 Å². The standard InChI is InChI=1S/2C12H15NO.2C10H13N.C9H12N2O3.C9H14N2O.C6H4FNO2.C3H9NO/c2*1-9-7-8-11-5-3-4-6-12(11)13(9)10(2)14;2*1-8-6-7-9-4-2-3-5-10(9)11-8;1-7(6-12)10-8-4-2-3-5-9(8)11(13)14;1-7(6-12)11-9-5-3-2-4-8(9)10;7-5-3-1-2-4-6(5)8(9)10;1-3(4)2-5/h2*3-6,9H,7-8H2,1-2H3;2*2-5,8,11H,6-7H2,1H3;2-5,7,10,12H,6H2,1H3;2-5,7,11-12H,6,10H2,1H3;1-4H;3,5H,2,4H2,1H3/t2*9-;2*8-;2*7-;;/m000000../s1. The van der Waals surface area contributed by atoms with Gasteiger partial charge >= 0.3 is 5.69 Å². The maximum absolute atomic E-state index is 12.4. The molecule has 1 unspecified atom stereocenters. The highest BCUT2D eigenvalue weighted by molar-refractivity contribution is 5.94. The topological polar surface area (TPSA) is 288 Å². The van der Waals surface area contributed by atoms with Gasteiger partial charge in [-0.15, -0.1) is 0 Å². The van der Waals surface area contributed by atoms with E-state index in [1.165, 1.54) is 77.5 Å². The van der Waals surface area contributed by atoms with E-state index in [1.807, 2.05) is 77.4 Å². The molecule has 20 heteroatoms. The number of hydrogen-bond acceptors (Lipinski definition) is 15. The van der Waals surface area contributed by atoms with Crippen LogP contribution >= 0.6 is 0 Å². The minimum atomic E-state index is -0.799. The fraction of sp³-hybridized carbons (Fsp3) is 0.380. The molecule has 11 N–H and O–H groups in total. The van der Waals surface area contributed by atoms with Gasteiger partial charge in [-0.05, 0) is 171 Å². The number of para-hydroxylation sites is 9. The van der Waals surface area contributed by atoms with Gasteiger partial charge in [0.1, 0.15) is 5.69 Å². The minimum Gasteiger partial charge on any atom is -0.397 e. The van der Waals surface area contributed by atoms with E-state index in [-0.39, 0.29) is 55.4 Å². The molecule has 0 saturated carbocycles. The summed E-state index contributed by atoms with van der Waals surface area (Å²) in [7, 11) is 0. The summed E-state index contributed by atoms with van der Waals surface area (Å²) in [6.45, 7) is 17.5. The Morgan fingerprint density at radius 2 is 0.868 bits per heavy atom. The normalized spacial score (nSPS) is 17.0. The van der Waals surface area contributed by atoms with Crippen LogP contribution in [-0.4, -0.2) is 99.1 Å². The van der Waals surface area contributed by atoms with Crippen molar-refractivity contribution in [2.24, 2.45) is 5.73 Å². The van der Waals surface area contributed by atoms with Gasteiger partial charge in [-0.1, -0.05) is 109 Å². The van der Waals surface area contributed by atoms with Gasteiger partial charge in [0.15, 0.2) is 0 Å². The lowest BCUT2D eigenvalue weighted by molar-refractivity contribution is -0.387. The number of hydrogen-bond donors (Lipinski definition) is 9. The Labute approximate surface area is 536 Å². The second kappa shape index (κ2) is 39.2. The van der Waals surface area contributed by atoms with Crippen molar-refractivity contribution < 1.29 is 39.1 Å². The van der Waals surface area contributed by atoms with Gasteiger partial charge in [0, 0.05) is 91.0 Å². The van der Waals surface area contributed by atoms with Crippen LogP contribution in [0, 0.1) is 26.0 Å². The van der Waals surface area contributed by atoms with Crippen LogP contribution in [0.5, 0.6) is 0 Å². The zero-order chi connectivity index (χ0) is 67.0. The quantitative estimate of drug-likeness (QED) is 0.0369. The van der Waals surface area contributed by atoms with E-state index in [4.69, 9.17) is 26.8 Å². The number of aliphatic hydroxyl groups excluding tert-OH is 3. The van der Waals surface area contributed by atoms with Crippen molar-refractivity contribution in [2.45, 2.75) is 156 Å². The number of nitrogens with one attached hydrogen (secondary N) is 4. The number of nitro groups is 2. The first-order chi connectivity index (χ1) is 43.5. The summed E-state index contributed by atoms with van der Waals surface area (Å²) in [4.78, 5) is 46.2. The van der Waals surface area contributed by atoms with Crippen LogP contribution in [0.1, 0.15) is 110 Å². The van der Waals surface area contributed by atoms with E-state index in [2.05, 4.69) is 110 Å². The molecule has 11 rings (SSSR count). The molecule has 0 saturated heterocycles. The largest absolute Gasteiger partial charge is 0.397 e. The lowest BCUT2D eigenvalue weighted by Gasteiger charge is -2.34. The van der Waals surface area contributed by atoms with Crippen molar-refractivity contribution in [2.75, 3.05) is 56.6 Å². The molecule has 0 radical (unpaired) electrons. The van der Waals surface area contributed by atoms with Crippen molar-refractivity contribution in [1.82, 2.24) is 0 Å². The Bertz CT molecular complexity index is 3230. The number of aliphatic hydroxyl groups is 3. The number of nitrogens with zero attached hydrogens (tertiary/aromatic N) is 4. The maximum atomic E-state index is 12.4. The van der Waals surface area contributed by atoms with E-state index in [1.54, 1.807) is 45.9 Å². The Morgan fingerprint density at radius 3 is 1.25 bits per heavy atom. The number of aryl methyl sites for hydroxylation is 4. The Morgan fingerprint density at radius 1 is 0.527 bits per heavy atom. The summed E-state index contributed by atoms with van der Waals surface area (Å²) >= 11 is 0. The number of carbonyl (C=O) groups is 2. The number of rotatable bonds is 9. The fourth-order valence-electron chi connectivity index (χ4n) is 10.1. The first-order valence-electron chi connectivity index (χ1n) is 31.0. The van der Waals surface area contributed by atoms with Crippen LogP contribution in [0.25, 0.3) is 0 Å². The van der Waals surface area contributed by atoms with Crippen molar-refractivity contribution in [3.8, 4) is 0 Å². The number of benzene rings is 7. The average molecular weight is 1250 g/mol. The van der Waals surface area contributed by atoms with Gasteiger partial charge < -0.3 is 57.9 Å². The molecular formula is C71H95FN10O9. The van der Waals surface area contributed by atoms with Crippen molar-refractivity contribution in [1.29, 1.82) is 0 Å². The highest BCUT2D eigenvalue weighted by atomic mass is 19.1. The molecule has 0 fully saturated rings. The summed E-state index contributed by atoms with van der Waals surface area (Å²) in [5.74, 6) is -0.512. The van der Waals surface area contributed by atoms with Crippen LogP contribution < -0.4 is 42.5 Å². The predicted molar refractivity (Wildman–Crippen MR) is 369 cm³/mol. The third-order valence-electron chi connectivity index (χ3n) is 15.0. The number of fused-ring (bicyclic) bond motifs is 4. The Kier molecular flexibility index (Phi) is 32.1. The SMILES string of the molecule is CC(=O)N1c2ccccc2CC[C@@H]1C.CC(=O)N1c2ccccc2CC[C@@H]1C.CC(N)CO.C[C@@H](CO)Nc1ccccc1N.C[C@@H](CO)Nc1ccccc1[N+](=O)[O-].C[C@H]1CCc2ccccc2N1.C[C@H]1CCc2ccccc2N1.O=[N+]([O-])c1ccccc1F. The summed E-state index contributed by atoms with van der Waals surface area (Å²) in [6.07, 6.45) is 9.28. The van der Waals surface area contributed by atoms with Gasteiger partial charge in [0.2, 0.25) is 17.6 Å². The Balaban J connectivity index is 0.000000224. The molecule has 0 aromatic heterocycles. The minimum absolute atomic E-state index is 0.0211. The Hall–Kier alpha value is -8.95. The molecule has 4 aliphatic rings. The van der Waals surface area contributed by atoms with Gasteiger partial charge in [-0.2, -0.15) is 4.39 Å². The number of nitrogens with two attached hydrogens (primary N) is 2. The third-order valence-corrected chi connectivity index (χ3v) is 15.0. The second-order valence-electron chi connectivity index (χ2n) is 23.0. The number of nitrogen functional groups attached to an aromatic ring is 1. The summed E-state index contributed by atoms with van der Waals surface area (Å²) in [5.41, 5.74) is 22.6. The third kappa shape index (κ3) is 25.1. The molecule has 7 aromatic carbocycles. The van der Waals surface area contributed by atoms with Crippen molar-refractivity contribution >= 4 is 63.0 Å². The number of halogens is 1. The maximum Gasteiger partial charge on any atom is 0.304 e. The van der Waals surface area contributed by atoms with Crippen LogP contribution in [-0.2, 0) is 35.3 Å². The molecule has 4 heterocycles. The molecule has 91 heavy (non-hydrogen) atoms. The van der Waals surface area contributed by atoms with Gasteiger partial charge in [-0.3, -0.25) is 29.8 Å². The molecule has 490 valence electrons. The molecule has 0 bridgehead atoms. The molecule has 0 spiro atoms. The van der Waals surface area contributed by atoms with Gasteiger partial charge in [0.25, 0.3) is 5.69 Å². The molecule has 2 amide bonds. The van der Waals surface area contributed by atoms with Gasteiger partial charge in [0.05, 0.1) is 41.0 Å². The van der Waals surface area contributed by atoms with Crippen LogP contribution in [0.4, 0.5) is 55.6 Å². The number of carbonyl (C=O) groups excluding carboxylic acids is 2. The van der Waals surface area contributed by atoms with E-state index in [0.29, 0.717) is 35.5 Å². The molecule has 4 aliphatic heterocycles. The highest BCUT2D eigenvalue weighted by Crippen LogP contribution is 2.32. The van der Waals surface area contributed by atoms with E-state index >= 15 is 0 Å². The molecule has 7 atom stereocenters. The molecule has 7 aromatic rings. The molecular weight excluding hydrogens is 1160 g/mol. The number of nitro benzene ring substituents is 2. The smallest absolute Gasteiger partial charge is 0.304 e. The molecule has 19 nitrogen and oxygen atoms in total.